The number of fused-ring (bicyclic) bond motifs is 1. The molecule has 0 aromatic carbocycles. The molecule has 2 aliphatic heterocycles. The molecule has 8 heteroatoms. The number of hydrogen-bond donors (Lipinski definition) is 0. The number of pyridine rings is 1. The molecule has 1 atom stereocenters. The fourth-order valence-corrected chi connectivity index (χ4v) is 3.93. The molecule has 0 N–H and O–H groups in total. The van der Waals surface area contributed by atoms with Gasteiger partial charge in [-0.1, -0.05) is 6.07 Å². The zero-order valence-electron chi connectivity index (χ0n) is 14.4. The van der Waals surface area contributed by atoms with E-state index in [1.54, 1.807) is 17.0 Å². The van der Waals surface area contributed by atoms with Crippen molar-refractivity contribution in [1.29, 1.82) is 0 Å². The largest absolute Gasteiger partial charge is 0.478 e. The highest BCUT2D eigenvalue weighted by atomic mass is 16.5. The number of nitrogens with zero attached hydrogens (tertiary/aromatic N) is 6. The Morgan fingerprint density at radius 2 is 2.19 bits per heavy atom. The Morgan fingerprint density at radius 1 is 1.23 bits per heavy atom. The normalized spacial score (nSPS) is 21.2. The first-order valence-corrected chi connectivity index (χ1v) is 8.92. The van der Waals surface area contributed by atoms with Gasteiger partial charge in [0, 0.05) is 18.9 Å². The molecular weight excluding hydrogens is 332 g/mol. The van der Waals surface area contributed by atoms with Crippen LogP contribution in [0.15, 0.2) is 42.9 Å². The van der Waals surface area contributed by atoms with Gasteiger partial charge < -0.3 is 14.4 Å². The van der Waals surface area contributed by atoms with Gasteiger partial charge in [0.2, 0.25) is 5.88 Å². The van der Waals surface area contributed by atoms with Crippen LogP contribution in [0.3, 0.4) is 0 Å². The average molecular weight is 352 g/mol. The Morgan fingerprint density at radius 3 is 3.08 bits per heavy atom. The third-order valence-corrected chi connectivity index (χ3v) is 5.34. The van der Waals surface area contributed by atoms with Crippen LogP contribution < -0.4 is 9.64 Å². The van der Waals surface area contributed by atoms with E-state index in [9.17, 15) is 0 Å². The third-order valence-electron chi connectivity index (χ3n) is 5.34. The summed E-state index contributed by atoms with van der Waals surface area (Å²) in [7, 11) is 0. The van der Waals surface area contributed by atoms with Gasteiger partial charge in [-0.3, -0.25) is 0 Å². The second-order valence-corrected chi connectivity index (χ2v) is 6.89. The van der Waals surface area contributed by atoms with Crippen LogP contribution in [0.4, 0.5) is 5.82 Å². The third kappa shape index (κ3) is 2.66. The first-order valence-electron chi connectivity index (χ1n) is 8.92. The van der Waals surface area contributed by atoms with Crippen molar-refractivity contribution < 1.29 is 9.47 Å². The van der Waals surface area contributed by atoms with Gasteiger partial charge in [0.25, 0.3) is 0 Å². The van der Waals surface area contributed by atoms with Crippen molar-refractivity contribution in [2.75, 3.05) is 31.2 Å². The smallest absolute Gasteiger partial charge is 0.213 e. The van der Waals surface area contributed by atoms with E-state index in [4.69, 9.17) is 9.47 Å². The molecule has 2 fully saturated rings. The van der Waals surface area contributed by atoms with Crippen molar-refractivity contribution in [3.8, 4) is 5.88 Å². The van der Waals surface area contributed by atoms with E-state index in [0.29, 0.717) is 18.4 Å². The summed E-state index contributed by atoms with van der Waals surface area (Å²) >= 11 is 0. The van der Waals surface area contributed by atoms with Gasteiger partial charge in [0.15, 0.2) is 5.65 Å². The number of aromatic nitrogens is 5. The first-order chi connectivity index (χ1) is 12.8. The van der Waals surface area contributed by atoms with Crippen LogP contribution in [-0.4, -0.2) is 56.7 Å². The van der Waals surface area contributed by atoms with E-state index in [0.717, 1.165) is 44.0 Å². The van der Waals surface area contributed by atoms with Crippen LogP contribution in [-0.2, 0) is 4.74 Å². The van der Waals surface area contributed by atoms with Gasteiger partial charge in [-0.25, -0.2) is 4.98 Å². The van der Waals surface area contributed by atoms with Crippen LogP contribution in [0.25, 0.3) is 5.65 Å². The van der Waals surface area contributed by atoms with E-state index < -0.39 is 0 Å². The molecule has 1 spiro atoms. The monoisotopic (exact) mass is 352 g/mol. The summed E-state index contributed by atoms with van der Waals surface area (Å²) in [5.41, 5.74) is 0.683. The highest BCUT2D eigenvalue weighted by Crippen LogP contribution is 2.42. The zero-order valence-corrected chi connectivity index (χ0v) is 14.4. The average Bonchev–Trinajstić information content (AvgIpc) is 3.27. The molecule has 5 rings (SSSR count). The van der Waals surface area contributed by atoms with Gasteiger partial charge >= 0.3 is 0 Å². The molecule has 0 unspecified atom stereocenters. The Kier molecular flexibility index (Phi) is 3.70. The molecule has 2 aliphatic rings. The van der Waals surface area contributed by atoms with Crippen LogP contribution in [0, 0.1) is 5.92 Å². The Labute approximate surface area is 150 Å². The summed E-state index contributed by atoms with van der Waals surface area (Å²) in [6.07, 6.45) is 5.43. The summed E-state index contributed by atoms with van der Waals surface area (Å²) < 4.78 is 13.6. The summed E-state index contributed by atoms with van der Waals surface area (Å²) in [6, 6.07) is 9.64. The number of anilines is 1. The lowest BCUT2D eigenvalue weighted by molar-refractivity contribution is -0.0479. The fourth-order valence-electron chi connectivity index (χ4n) is 3.93. The summed E-state index contributed by atoms with van der Waals surface area (Å²) in [5.74, 6) is 2.12. The van der Waals surface area contributed by atoms with Crippen molar-refractivity contribution in [3.05, 3.63) is 42.9 Å². The topological polar surface area (TPSA) is 77.7 Å². The van der Waals surface area contributed by atoms with Gasteiger partial charge in [-0.05, 0) is 37.0 Å². The van der Waals surface area contributed by atoms with E-state index in [-0.39, 0.29) is 5.60 Å². The SMILES string of the molecule is c1ccc(OCC[C@H]2CCOC23CN(c2ccc4nncn4n2)C3)nc1. The lowest BCUT2D eigenvalue weighted by Crippen LogP contribution is -2.65. The molecule has 26 heavy (non-hydrogen) atoms. The van der Waals surface area contributed by atoms with Gasteiger partial charge in [0.05, 0.1) is 19.7 Å². The van der Waals surface area contributed by atoms with E-state index >= 15 is 0 Å². The number of hydrogen-bond acceptors (Lipinski definition) is 7. The molecule has 0 aliphatic carbocycles. The zero-order chi connectivity index (χ0) is 17.4. The molecule has 2 saturated heterocycles. The van der Waals surface area contributed by atoms with Crippen LogP contribution in [0.1, 0.15) is 12.8 Å². The molecule has 0 bridgehead atoms. The highest BCUT2D eigenvalue weighted by Gasteiger charge is 2.53. The number of rotatable bonds is 5. The molecular formula is C18H20N6O2. The predicted octanol–water partition coefficient (Wildman–Crippen LogP) is 1.58. The summed E-state index contributed by atoms with van der Waals surface area (Å²) in [6.45, 7) is 3.21. The maximum atomic E-state index is 6.14. The molecule has 3 aromatic rings. The second-order valence-electron chi connectivity index (χ2n) is 6.89. The fraction of sp³-hybridized carbons (Fsp3) is 0.444. The highest BCUT2D eigenvalue weighted by molar-refractivity contribution is 5.48. The standard InChI is InChI=1S/C18H20N6O2/c1-2-8-19-17(3-1)25-9-6-14-7-10-26-18(14)11-23(12-18)16-5-4-15-21-20-13-24(15)22-16/h1-5,8,13-14H,6-7,9-12H2/t14-/m0/s1. The summed E-state index contributed by atoms with van der Waals surface area (Å²) in [4.78, 5) is 6.45. The molecule has 0 radical (unpaired) electrons. The van der Waals surface area contributed by atoms with Crippen molar-refractivity contribution in [1.82, 2.24) is 24.8 Å². The Balaban J connectivity index is 1.21. The number of ether oxygens (including phenoxy) is 2. The van der Waals surface area contributed by atoms with E-state index in [2.05, 4.69) is 25.2 Å². The van der Waals surface area contributed by atoms with E-state index in [1.807, 2.05) is 30.3 Å². The molecule has 0 saturated carbocycles. The minimum absolute atomic E-state index is 0.0721. The van der Waals surface area contributed by atoms with Crippen LogP contribution >= 0.6 is 0 Å². The van der Waals surface area contributed by atoms with Crippen molar-refractivity contribution in [2.24, 2.45) is 5.92 Å². The predicted molar refractivity (Wildman–Crippen MR) is 94.1 cm³/mol. The van der Waals surface area contributed by atoms with Crippen molar-refractivity contribution in [3.63, 3.8) is 0 Å². The Hall–Kier alpha value is -2.74. The molecule has 134 valence electrons. The molecule has 3 aromatic heterocycles. The quantitative estimate of drug-likeness (QED) is 0.690. The maximum Gasteiger partial charge on any atom is 0.213 e. The summed E-state index contributed by atoms with van der Waals surface area (Å²) in [5, 5.41) is 12.4. The molecule has 5 heterocycles. The lowest BCUT2D eigenvalue weighted by atomic mass is 9.79. The van der Waals surface area contributed by atoms with Gasteiger partial charge in [0.1, 0.15) is 17.7 Å². The minimum Gasteiger partial charge on any atom is -0.478 e. The lowest BCUT2D eigenvalue weighted by Gasteiger charge is -2.50. The molecule has 0 amide bonds. The van der Waals surface area contributed by atoms with E-state index in [1.165, 1.54) is 0 Å². The first kappa shape index (κ1) is 15.5. The minimum atomic E-state index is -0.0721. The van der Waals surface area contributed by atoms with Gasteiger partial charge in [-0.2, -0.15) is 4.52 Å². The van der Waals surface area contributed by atoms with Crippen molar-refractivity contribution >= 4 is 11.5 Å². The van der Waals surface area contributed by atoms with Crippen LogP contribution in [0.2, 0.25) is 0 Å². The van der Waals surface area contributed by atoms with Crippen LogP contribution in [0.5, 0.6) is 5.88 Å². The van der Waals surface area contributed by atoms with Crippen molar-refractivity contribution in [2.45, 2.75) is 18.4 Å². The van der Waals surface area contributed by atoms with Gasteiger partial charge in [-0.15, -0.1) is 15.3 Å². The Bertz CT molecular complexity index is 893. The second kappa shape index (κ2) is 6.21. The maximum absolute atomic E-state index is 6.14. The molecule has 8 nitrogen and oxygen atoms in total.